The molecule has 0 unspecified atom stereocenters. The molecule has 1 heterocycles. The first kappa shape index (κ1) is 17.3. The lowest BCUT2D eigenvalue weighted by molar-refractivity contribution is -0.120. The Hall–Kier alpha value is -2.50. The number of para-hydroxylation sites is 2. The molecule has 0 fully saturated rings. The fourth-order valence-corrected chi connectivity index (χ4v) is 2.91. The highest BCUT2D eigenvalue weighted by Crippen LogP contribution is 2.36. The predicted molar refractivity (Wildman–Crippen MR) is 98.2 cm³/mol. The maximum absolute atomic E-state index is 12.8. The molecule has 0 saturated heterocycles. The minimum atomic E-state index is -0.613. The fourth-order valence-electron chi connectivity index (χ4n) is 2.52. The molecular formula is C18H14Cl2N2O3. The number of halogens is 2. The maximum Gasteiger partial charge on any atom is 0.283 e. The first-order chi connectivity index (χ1) is 12.0. The van der Waals surface area contributed by atoms with Gasteiger partial charge in [0, 0.05) is 10.7 Å². The average molecular weight is 377 g/mol. The van der Waals surface area contributed by atoms with Gasteiger partial charge in [-0.1, -0.05) is 41.4 Å². The summed E-state index contributed by atoms with van der Waals surface area (Å²) < 4.78 is 5.23. The van der Waals surface area contributed by atoms with Crippen molar-refractivity contribution in [2.75, 3.05) is 17.3 Å². The van der Waals surface area contributed by atoms with Gasteiger partial charge >= 0.3 is 0 Å². The molecule has 0 bridgehead atoms. The molecule has 0 radical (unpaired) electrons. The number of imide groups is 1. The molecule has 25 heavy (non-hydrogen) atoms. The molecule has 2 aromatic carbocycles. The summed E-state index contributed by atoms with van der Waals surface area (Å²) in [6.07, 6.45) is 0. The van der Waals surface area contributed by atoms with Gasteiger partial charge in [-0.2, -0.15) is 0 Å². The lowest BCUT2D eigenvalue weighted by Crippen LogP contribution is -2.32. The second-order valence-corrected chi connectivity index (χ2v) is 6.13. The molecular weight excluding hydrogens is 363 g/mol. The van der Waals surface area contributed by atoms with Crippen LogP contribution in [0.2, 0.25) is 5.02 Å². The van der Waals surface area contributed by atoms with Gasteiger partial charge in [0.05, 0.1) is 12.8 Å². The van der Waals surface area contributed by atoms with Gasteiger partial charge in [-0.05, 0) is 36.8 Å². The second-order valence-electron chi connectivity index (χ2n) is 5.34. The number of nitrogens with zero attached hydrogens (tertiary/aromatic N) is 1. The smallest absolute Gasteiger partial charge is 0.283 e. The normalized spacial score (nSPS) is 14.3. The first-order valence-electron chi connectivity index (χ1n) is 7.39. The van der Waals surface area contributed by atoms with Gasteiger partial charge in [-0.3, -0.25) is 9.59 Å². The summed E-state index contributed by atoms with van der Waals surface area (Å²) in [7, 11) is 1.47. The van der Waals surface area contributed by atoms with Crippen LogP contribution in [0, 0.1) is 6.92 Å². The Morgan fingerprint density at radius 1 is 1.00 bits per heavy atom. The second kappa shape index (κ2) is 6.78. The number of anilines is 2. The lowest BCUT2D eigenvalue weighted by Gasteiger charge is -2.18. The van der Waals surface area contributed by atoms with Crippen LogP contribution in [-0.4, -0.2) is 18.9 Å². The Balaban J connectivity index is 1.99. The van der Waals surface area contributed by atoms with Crippen LogP contribution in [0.1, 0.15) is 5.56 Å². The van der Waals surface area contributed by atoms with E-state index in [2.05, 4.69) is 5.32 Å². The van der Waals surface area contributed by atoms with E-state index in [9.17, 15) is 9.59 Å². The van der Waals surface area contributed by atoms with Crippen LogP contribution in [0.3, 0.4) is 0 Å². The van der Waals surface area contributed by atoms with Crippen molar-refractivity contribution in [3.05, 3.63) is 63.8 Å². The van der Waals surface area contributed by atoms with Gasteiger partial charge in [0.15, 0.2) is 0 Å². The molecule has 128 valence electrons. The quantitative estimate of drug-likeness (QED) is 0.816. The number of carbonyl (C=O) groups is 2. The lowest BCUT2D eigenvalue weighted by atomic mass is 10.2. The Morgan fingerprint density at radius 2 is 1.72 bits per heavy atom. The largest absolute Gasteiger partial charge is 0.495 e. The van der Waals surface area contributed by atoms with Crippen LogP contribution in [0.5, 0.6) is 5.75 Å². The summed E-state index contributed by atoms with van der Waals surface area (Å²) in [5.74, 6) is -0.772. The van der Waals surface area contributed by atoms with Crippen molar-refractivity contribution >= 4 is 46.4 Å². The Morgan fingerprint density at radius 3 is 2.44 bits per heavy atom. The number of rotatable bonds is 4. The molecule has 0 saturated carbocycles. The molecule has 1 N–H and O–H groups in total. The summed E-state index contributed by atoms with van der Waals surface area (Å²) in [5, 5.41) is 3.28. The van der Waals surface area contributed by atoms with Crippen molar-refractivity contribution in [1.82, 2.24) is 0 Å². The van der Waals surface area contributed by atoms with E-state index in [0.717, 1.165) is 10.5 Å². The zero-order chi connectivity index (χ0) is 18.1. The van der Waals surface area contributed by atoms with Crippen LogP contribution in [0.25, 0.3) is 0 Å². The minimum absolute atomic E-state index is 0.00272. The van der Waals surface area contributed by atoms with E-state index in [4.69, 9.17) is 27.9 Å². The summed E-state index contributed by atoms with van der Waals surface area (Å²) in [4.78, 5) is 26.3. The predicted octanol–water partition coefficient (Wildman–Crippen LogP) is 4.09. The van der Waals surface area contributed by atoms with E-state index in [1.807, 2.05) is 0 Å². The average Bonchev–Trinajstić information content (AvgIpc) is 2.82. The van der Waals surface area contributed by atoms with Crippen molar-refractivity contribution in [2.45, 2.75) is 6.92 Å². The van der Waals surface area contributed by atoms with Crippen molar-refractivity contribution in [3.8, 4) is 5.75 Å². The Bertz CT molecular complexity index is 909. The number of methoxy groups -OCH3 is 1. The number of benzene rings is 2. The third-order valence-corrected chi connectivity index (χ3v) is 4.64. The van der Waals surface area contributed by atoms with E-state index in [0.29, 0.717) is 22.1 Å². The summed E-state index contributed by atoms with van der Waals surface area (Å²) in [6, 6.07) is 12.0. The minimum Gasteiger partial charge on any atom is -0.495 e. The molecule has 2 amide bonds. The van der Waals surface area contributed by atoms with Crippen molar-refractivity contribution in [1.29, 1.82) is 0 Å². The van der Waals surface area contributed by atoms with Crippen LogP contribution < -0.4 is 15.0 Å². The highest BCUT2D eigenvalue weighted by atomic mass is 35.5. The monoisotopic (exact) mass is 376 g/mol. The zero-order valence-electron chi connectivity index (χ0n) is 13.5. The van der Waals surface area contributed by atoms with Crippen LogP contribution in [-0.2, 0) is 9.59 Å². The summed E-state index contributed by atoms with van der Waals surface area (Å²) >= 11 is 12.2. The molecule has 0 aliphatic carbocycles. The maximum atomic E-state index is 12.8. The Kier molecular flexibility index (Phi) is 4.70. The van der Waals surface area contributed by atoms with Crippen molar-refractivity contribution in [3.63, 3.8) is 0 Å². The number of nitrogens with one attached hydrogen (secondary N) is 1. The highest BCUT2D eigenvalue weighted by Gasteiger charge is 2.40. The van der Waals surface area contributed by atoms with E-state index >= 15 is 0 Å². The van der Waals surface area contributed by atoms with E-state index < -0.39 is 11.8 Å². The molecule has 0 aromatic heterocycles. The van der Waals surface area contributed by atoms with Gasteiger partial charge in [0.2, 0.25) is 0 Å². The SMILES string of the molecule is COc1ccccc1N1C(=O)C(Cl)=C(Nc2cccc(Cl)c2C)C1=O. The molecule has 7 heteroatoms. The summed E-state index contributed by atoms with van der Waals surface area (Å²) in [6.45, 7) is 1.80. The molecule has 5 nitrogen and oxygen atoms in total. The van der Waals surface area contributed by atoms with Crippen LogP contribution in [0.4, 0.5) is 11.4 Å². The van der Waals surface area contributed by atoms with Gasteiger partial charge in [0.25, 0.3) is 11.8 Å². The fraction of sp³-hybridized carbons (Fsp3) is 0.111. The number of amides is 2. The third kappa shape index (κ3) is 2.97. The molecule has 0 spiro atoms. The standard InChI is InChI=1S/C18H14Cl2N2O3/c1-10-11(19)6-5-7-12(10)21-16-15(20)17(23)22(18(16)24)13-8-3-4-9-14(13)25-2/h3-9,21H,1-2H3. The number of hydrogen-bond donors (Lipinski definition) is 1. The van der Waals surface area contributed by atoms with Gasteiger partial charge in [0.1, 0.15) is 16.5 Å². The van der Waals surface area contributed by atoms with E-state index in [1.165, 1.54) is 7.11 Å². The molecule has 0 atom stereocenters. The zero-order valence-corrected chi connectivity index (χ0v) is 15.0. The molecule has 2 aromatic rings. The van der Waals surface area contributed by atoms with Gasteiger partial charge < -0.3 is 10.1 Å². The van der Waals surface area contributed by atoms with Crippen molar-refractivity contribution < 1.29 is 14.3 Å². The molecule has 3 rings (SSSR count). The highest BCUT2D eigenvalue weighted by molar-refractivity contribution is 6.53. The molecule has 1 aliphatic rings. The first-order valence-corrected chi connectivity index (χ1v) is 8.15. The third-order valence-electron chi connectivity index (χ3n) is 3.88. The number of carbonyl (C=O) groups excluding carboxylic acids is 2. The van der Waals surface area contributed by atoms with Crippen LogP contribution >= 0.6 is 23.2 Å². The van der Waals surface area contributed by atoms with Gasteiger partial charge in [-0.25, -0.2) is 4.90 Å². The summed E-state index contributed by atoms with van der Waals surface area (Å²) in [5.41, 5.74) is 1.68. The number of hydrogen-bond acceptors (Lipinski definition) is 4. The van der Waals surface area contributed by atoms with E-state index in [1.54, 1.807) is 49.4 Å². The number of ether oxygens (including phenoxy) is 1. The van der Waals surface area contributed by atoms with Crippen molar-refractivity contribution in [2.24, 2.45) is 0 Å². The molecule has 1 aliphatic heterocycles. The Labute approximate surface area is 154 Å². The van der Waals surface area contributed by atoms with Gasteiger partial charge in [-0.15, -0.1) is 0 Å². The van der Waals surface area contributed by atoms with E-state index in [-0.39, 0.29) is 10.7 Å². The topological polar surface area (TPSA) is 58.6 Å². The van der Waals surface area contributed by atoms with Crippen LogP contribution in [0.15, 0.2) is 53.2 Å².